The van der Waals surface area contributed by atoms with Crippen molar-refractivity contribution in [2.24, 2.45) is 5.92 Å². The zero-order chi connectivity index (χ0) is 14.7. The van der Waals surface area contributed by atoms with Crippen LogP contribution in [0.2, 0.25) is 0 Å². The average Bonchev–Trinajstić information content (AvgIpc) is 3.06. The van der Waals surface area contributed by atoms with Gasteiger partial charge in [-0.2, -0.15) is 0 Å². The zero-order valence-corrected chi connectivity index (χ0v) is 13.1. The molecule has 1 atom stereocenters. The van der Waals surface area contributed by atoms with Gasteiger partial charge in [-0.3, -0.25) is 0 Å². The molecule has 0 radical (unpaired) electrons. The van der Waals surface area contributed by atoms with Crippen LogP contribution in [0.3, 0.4) is 0 Å². The molecule has 2 heteroatoms. The summed E-state index contributed by atoms with van der Waals surface area (Å²) in [5, 5.41) is 6.30. The third-order valence-electron chi connectivity index (χ3n) is 4.93. The summed E-state index contributed by atoms with van der Waals surface area (Å²) in [6, 6.07) is 13.3. The van der Waals surface area contributed by atoms with E-state index >= 15 is 0 Å². The molecular formula is C19H25NO. The fourth-order valence-electron chi connectivity index (χ4n) is 3.58. The molecule has 2 aromatic carbocycles. The van der Waals surface area contributed by atoms with Crippen molar-refractivity contribution < 1.29 is 4.74 Å². The Bertz CT molecular complexity index is 602. The zero-order valence-electron chi connectivity index (χ0n) is 13.1. The van der Waals surface area contributed by atoms with E-state index in [1.807, 2.05) is 0 Å². The molecule has 0 saturated heterocycles. The number of ether oxygens (including phenoxy) is 1. The van der Waals surface area contributed by atoms with Crippen LogP contribution >= 0.6 is 0 Å². The molecule has 0 spiro atoms. The molecule has 1 aliphatic rings. The summed E-state index contributed by atoms with van der Waals surface area (Å²) < 4.78 is 5.57. The van der Waals surface area contributed by atoms with E-state index in [1.54, 1.807) is 7.11 Å². The van der Waals surface area contributed by atoms with Gasteiger partial charge < -0.3 is 10.1 Å². The maximum Gasteiger partial charge on any atom is 0.123 e. The maximum atomic E-state index is 5.57. The average molecular weight is 283 g/mol. The van der Waals surface area contributed by atoms with Crippen molar-refractivity contribution in [2.45, 2.75) is 45.2 Å². The second kappa shape index (κ2) is 6.48. The first-order valence-corrected chi connectivity index (χ1v) is 8.07. The Kier molecular flexibility index (Phi) is 4.45. The lowest BCUT2D eigenvalue weighted by Crippen LogP contribution is -2.31. The van der Waals surface area contributed by atoms with Crippen LogP contribution in [0.1, 0.15) is 38.2 Å². The molecule has 0 bridgehead atoms. The van der Waals surface area contributed by atoms with Crippen molar-refractivity contribution in [2.75, 3.05) is 7.11 Å². The summed E-state index contributed by atoms with van der Waals surface area (Å²) in [4.78, 5) is 0. The maximum absolute atomic E-state index is 5.57. The van der Waals surface area contributed by atoms with Gasteiger partial charge in [-0.25, -0.2) is 0 Å². The molecule has 0 aliphatic heterocycles. The molecule has 1 saturated carbocycles. The van der Waals surface area contributed by atoms with Crippen molar-refractivity contribution >= 4 is 10.8 Å². The summed E-state index contributed by atoms with van der Waals surface area (Å²) in [6.45, 7) is 3.20. The van der Waals surface area contributed by atoms with Crippen molar-refractivity contribution in [3.63, 3.8) is 0 Å². The third-order valence-corrected chi connectivity index (χ3v) is 4.93. The number of nitrogens with one attached hydrogen (secondary N) is 1. The quantitative estimate of drug-likeness (QED) is 0.871. The fourth-order valence-corrected chi connectivity index (χ4v) is 3.58. The SMILES string of the molecule is COc1ccc2ccccc2c1CN[C@H](C)C1CCCC1. The Morgan fingerprint density at radius 3 is 2.67 bits per heavy atom. The molecule has 0 amide bonds. The molecule has 1 fully saturated rings. The highest BCUT2D eigenvalue weighted by atomic mass is 16.5. The summed E-state index contributed by atoms with van der Waals surface area (Å²) in [7, 11) is 1.76. The van der Waals surface area contributed by atoms with Crippen LogP contribution in [0.4, 0.5) is 0 Å². The number of benzene rings is 2. The molecule has 21 heavy (non-hydrogen) atoms. The van der Waals surface area contributed by atoms with Gasteiger partial charge in [-0.05, 0) is 42.5 Å². The highest BCUT2D eigenvalue weighted by Gasteiger charge is 2.21. The Morgan fingerprint density at radius 2 is 1.90 bits per heavy atom. The van der Waals surface area contributed by atoms with Crippen molar-refractivity contribution in [1.82, 2.24) is 5.32 Å². The molecule has 1 N–H and O–H groups in total. The summed E-state index contributed by atoms with van der Waals surface area (Å²) in [5.41, 5.74) is 1.28. The van der Waals surface area contributed by atoms with Gasteiger partial charge in [0.05, 0.1) is 7.11 Å². The van der Waals surface area contributed by atoms with E-state index in [2.05, 4.69) is 48.6 Å². The van der Waals surface area contributed by atoms with Gasteiger partial charge in [0.25, 0.3) is 0 Å². The first-order chi connectivity index (χ1) is 10.3. The monoisotopic (exact) mass is 283 g/mol. The van der Waals surface area contributed by atoms with Gasteiger partial charge in [-0.15, -0.1) is 0 Å². The molecule has 2 nitrogen and oxygen atoms in total. The minimum Gasteiger partial charge on any atom is -0.496 e. The smallest absolute Gasteiger partial charge is 0.123 e. The fraction of sp³-hybridized carbons (Fsp3) is 0.474. The Morgan fingerprint density at radius 1 is 1.14 bits per heavy atom. The molecule has 2 aromatic rings. The van der Waals surface area contributed by atoms with E-state index < -0.39 is 0 Å². The van der Waals surface area contributed by atoms with E-state index in [9.17, 15) is 0 Å². The molecule has 0 unspecified atom stereocenters. The Hall–Kier alpha value is -1.54. The first-order valence-electron chi connectivity index (χ1n) is 8.07. The molecular weight excluding hydrogens is 258 g/mol. The third kappa shape index (κ3) is 3.06. The Labute approximate surface area is 127 Å². The van der Waals surface area contributed by atoms with E-state index in [4.69, 9.17) is 4.74 Å². The molecule has 1 aliphatic carbocycles. The van der Waals surface area contributed by atoms with Gasteiger partial charge in [0.2, 0.25) is 0 Å². The van der Waals surface area contributed by atoms with E-state index in [0.717, 1.165) is 18.2 Å². The highest BCUT2D eigenvalue weighted by molar-refractivity contribution is 5.87. The topological polar surface area (TPSA) is 21.3 Å². The van der Waals surface area contributed by atoms with Crippen LogP contribution in [-0.2, 0) is 6.54 Å². The van der Waals surface area contributed by atoms with E-state index in [-0.39, 0.29) is 0 Å². The number of hydrogen-bond acceptors (Lipinski definition) is 2. The number of fused-ring (bicyclic) bond motifs is 1. The number of methoxy groups -OCH3 is 1. The van der Waals surface area contributed by atoms with Gasteiger partial charge in [0.1, 0.15) is 5.75 Å². The number of hydrogen-bond donors (Lipinski definition) is 1. The van der Waals surface area contributed by atoms with Crippen LogP contribution in [-0.4, -0.2) is 13.2 Å². The van der Waals surface area contributed by atoms with E-state index in [0.29, 0.717) is 6.04 Å². The van der Waals surface area contributed by atoms with Gasteiger partial charge >= 0.3 is 0 Å². The molecule has 3 rings (SSSR count). The first kappa shape index (κ1) is 14.4. The van der Waals surface area contributed by atoms with Crippen LogP contribution in [0, 0.1) is 5.92 Å². The minimum atomic E-state index is 0.580. The molecule has 112 valence electrons. The second-order valence-electron chi connectivity index (χ2n) is 6.18. The summed E-state index contributed by atoms with van der Waals surface area (Å²) >= 11 is 0. The normalized spacial score (nSPS) is 17.2. The van der Waals surface area contributed by atoms with Gasteiger partial charge in [0, 0.05) is 18.2 Å². The number of rotatable bonds is 5. The van der Waals surface area contributed by atoms with Gasteiger partial charge in [-0.1, -0.05) is 43.2 Å². The predicted octanol–water partition coefficient (Wildman–Crippen LogP) is 4.52. The van der Waals surface area contributed by atoms with Gasteiger partial charge in [0.15, 0.2) is 0 Å². The van der Waals surface area contributed by atoms with Crippen LogP contribution in [0.25, 0.3) is 10.8 Å². The lowest BCUT2D eigenvalue weighted by molar-refractivity contribution is 0.372. The molecule has 0 heterocycles. The van der Waals surface area contributed by atoms with Crippen LogP contribution in [0.15, 0.2) is 36.4 Å². The summed E-state index contributed by atoms with van der Waals surface area (Å²) in [6.07, 6.45) is 5.55. The highest BCUT2D eigenvalue weighted by Crippen LogP contribution is 2.30. The predicted molar refractivity (Wildman–Crippen MR) is 88.8 cm³/mol. The van der Waals surface area contributed by atoms with Crippen LogP contribution < -0.4 is 10.1 Å². The summed E-state index contributed by atoms with van der Waals surface area (Å²) in [5.74, 6) is 1.82. The largest absolute Gasteiger partial charge is 0.496 e. The standard InChI is InChI=1S/C19H25NO/c1-14(15-7-3-4-8-15)20-13-18-17-10-6-5-9-16(17)11-12-19(18)21-2/h5-6,9-12,14-15,20H,3-4,7-8,13H2,1-2H3/t14-/m1/s1. The lowest BCUT2D eigenvalue weighted by atomic mass is 9.98. The van der Waals surface area contributed by atoms with E-state index in [1.165, 1.54) is 42.0 Å². The Balaban J connectivity index is 1.81. The van der Waals surface area contributed by atoms with Crippen molar-refractivity contribution in [1.29, 1.82) is 0 Å². The molecule has 0 aromatic heterocycles. The second-order valence-corrected chi connectivity index (χ2v) is 6.18. The van der Waals surface area contributed by atoms with Crippen LogP contribution in [0.5, 0.6) is 5.75 Å². The van der Waals surface area contributed by atoms with Crippen molar-refractivity contribution in [3.8, 4) is 5.75 Å². The van der Waals surface area contributed by atoms with Crippen molar-refractivity contribution in [3.05, 3.63) is 42.0 Å². The minimum absolute atomic E-state index is 0.580. The lowest BCUT2D eigenvalue weighted by Gasteiger charge is -2.22.